The Balaban J connectivity index is 3.11. The average Bonchev–Trinajstić information content (AvgIpc) is 2.34. The van der Waals surface area contributed by atoms with Crippen molar-refractivity contribution in [2.45, 2.75) is 19.4 Å². The van der Waals surface area contributed by atoms with Crippen molar-refractivity contribution in [2.75, 3.05) is 0 Å². The van der Waals surface area contributed by atoms with Crippen molar-refractivity contribution >= 4 is 23.2 Å². The zero-order valence-electron chi connectivity index (χ0n) is 9.51. The van der Waals surface area contributed by atoms with E-state index in [1.807, 2.05) is 0 Å². The van der Waals surface area contributed by atoms with Crippen molar-refractivity contribution in [3.8, 4) is 12.3 Å². The highest BCUT2D eigenvalue weighted by Crippen LogP contribution is 2.25. The number of terminal acetylenes is 1. The van der Waals surface area contributed by atoms with Gasteiger partial charge < -0.3 is 5.32 Å². The number of nitrogens with zero attached hydrogens (tertiary/aromatic N) is 2. The van der Waals surface area contributed by atoms with E-state index in [0.717, 1.165) is 0 Å². The summed E-state index contributed by atoms with van der Waals surface area (Å²) in [5.74, 6) is 1.72. The quantitative estimate of drug-likeness (QED) is 0.390. The Bertz CT molecular complexity index is 525. The molecule has 0 saturated heterocycles. The maximum absolute atomic E-state index is 11.9. The summed E-state index contributed by atoms with van der Waals surface area (Å²) in [5, 5.41) is 13.0. The van der Waals surface area contributed by atoms with E-state index in [1.54, 1.807) is 6.92 Å². The van der Waals surface area contributed by atoms with E-state index in [1.165, 1.54) is 12.3 Å². The fourth-order valence-corrected chi connectivity index (χ4v) is 1.51. The number of hydrogen-bond donors (Lipinski definition) is 1. The lowest BCUT2D eigenvalue weighted by molar-refractivity contribution is -0.385. The third-order valence-corrected chi connectivity index (χ3v) is 2.50. The number of hydrogen-bond acceptors (Lipinski definition) is 4. The van der Waals surface area contributed by atoms with Gasteiger partial charge in [0.1, 0.15) is 5.56 Å². The maximum Gasteiger partial charge on any atom is 0.319 e. The van der Waals surface area contributed by atoms with Crippen LogP contribution in [-0.2, 0) is 0 Å². The fourth-order valence-electron chi connectivity index (χ4n) is 1.28. The van der Waals surface area contributed by atoms with Gasteiger partial charge in [0.2, 0.25) is 5.15 Å². The number of nitrogens with one attached hydrogen (secondary N) is 1. The Morgan fingerprint density at radius 1 is 1.78 bits per heavy atom. The number of carbonyl (C=O) groups excluding carboxylic acids is 1. The van der Waals surface area contributed by atoms with Crippen LogP contribution in [0.15, 0.2) is 12.3 Å². The van der Waals surface area contributed by atoms with Crippen LogP contribution >= 0.6 is 11.6 Å². The van der Waals surface area contributed by atoms with Gasteiger partial charge in [0.15, 0.2) is 0 Å². The fraction of sp³-hybridized carbons (Fsp3) is 0.273. The van der Waals surface area contributed by atoms with E-state index in [4.69, 9.17) is 18.0 Å². The van der Waals surface area contributed by atoms with Crippen molar-refractivity contribution in [1.82, 2.24) is 10.3 Å². The van der Waals surface area contributed by atoms with Crippen LogP contribution in [-0.4, -0.2) is 21.9 Å². The molecule has 0 fully saturated rings. The second-order valence-corrected chi connectivity index (χ2v) is 3.71. The molecule has 1 rings (SSSR count). The largest absolute Gasteiger partial charge is 0.338 e. The highest BCUT2D eigenvalue weighted by molar-refractivity contribution is 6.32. The van der Waals surface area contributed by atoms with E-state index in [9.17, 15) is 14.9 Å². The lowest BCUT2D eigenvalue weighted by Gasteiger charge is -2.10. The molecule has 1 unspecified atom stereocenters. The molecule has 1 N–H and O–H groups in total. The summed E-state index contributed by atoms with van der Waals surface area (Å²) < 4.78 is 0. The van der Waals surface area contributed by atoms with E-state index in [0.29, 0.717) is 6.42 Å². The zero-order chi connectivity index (χ0) is 13.7. The molecular formula is C11H10ClN3O3. The van der Waals surface area contributed by atoms with Crippen molar-refractivity contribution in [3.05, 3.63) is 33.1 Å². The molecule has 0 bridgehead atoms. The molecule has 1 aromatic rings. The van der Waals surface area contributed by atoms with E-state index < -0.39 is 22.6 Å². The predicted octanol–water partition coefficient (Wildman–Crippen LogP) is 1.78. The third kappa shape index (κ3) is 2.96. The molecule has 0 aromatic carbocycles. The number of aromatic nitrogens is 1. The van der Waals surface area contributed by atoms with Crippen LogP contribution in [0.4, 0.5) is 5.69 Å². The Hall–Kier alpha value is -2.13. The maximum atomic E-state index is 11.9. The summed E-state index contributed by atoms with van der Waals surface area (Å²) in [7, 11) is 0. The second-order valence-electron chi connectivity index (χ2n) is 3.36. The Morgan fingerprint density at radius 2 is 2.44 bits per heavy atom. The summed E-state index contributed by atoms with van der Waals surface area (Å²) >= 11 is 5.60. The van der Waals surface area contributed by atoms with Gasteiger partial charge in [-0.2, -0.15) is 0 Å². The first kappa shape index (κ1) is 13.9. The summed E-state index contributed by atoms with van der Waals surface area (Å²) in [6, 6.07) is 0.742. The van der Waals surface area contributed by atoms with Gasteiger partial charge in [-0.25, -0.2) is 4.98 Å². The van der Waals surface area contributed by atoms with Crippen LogP contribution in [0.25, 0.3) is 0 Å². The molecule has 0 aliphatic rings. The number of carbonyl (C=O) groups is 1. The molecule has 0 radical (unpaired) electrons. The first-order valence-corrected chi connectivity index (χ1v) is 5.45. The van der Waals surface area contributed by atoms with Crippen molar-refractivity contribution in [2.24, 2.45) is 0 Å². The summed E-state index contributed by atoms with van der Waals surface area (Å²) in [5.41, 5.74) is -0.683. The van der Waals surface area contributed by atoms with Gasteiger partial charge in [0.05, 0.1) is 11.0 Å². The predicted molar refractivity (Wildman–Crippen MR) is 66.3 cm³/mol. The standard InChI is InChI=1S/C11H10ClN3O3/c1-3-7(4-2)14-11(16)8-5-6-13-10(12)9(8)15(17)18/h1,5-7H,4H2,2H3,(H,14,16). The Kier molecular flexibility index (Phi) is 4.63. The molecular weight excluding hydrogens is 258 g/mol. The number of amides is 1. The topological polar surface area (TPSA) is 85.1 Å². The molecule has 6 nitrogen and oxygen atoms in total. The van der Waals surface area contributed by atoms with Crippen molar-refractivity contribution < 1.29 is 9.72 Å². The molecule has 18 heavy (non-hydrogen) atoms. The molecule has 1 heterocycles. The minimum atomic E-state index is -0.749. The van der Waals surface area contributed by atoms with Crippen LogP contribution in [0.2, 0.25) is 5.15 Å². The van der Waals surface area contributed by atoms with Gasteiger partial charge in [0, 0.05) is 6.20 Å². The minimum absolute atomic E-state index is 0.159. The smallest absolute Gasteiger partial charge is 0.319 e. The number of nitro groups is 1. The lowest BCUT2D eigenvalue weighted by atomic mass is 10.2. The van der Waals surface area contributed by atoms with Crippen molar-refractivity contribution in [3.63, 3.8) is 0 Å². The van der Waals surface area contributed by atoms with Crippen LogP contribution < -0.4 is 5.32 Å². The molecule has 0 aliphatic heterocycles. The highest BCUT2D eigenvalue weighted by atomic mass is 35.5. The monoisotopic (exact) mass is 267 g/mol. The normalized spacial score (nSPS) is 11.4. The summed E-state index contributed by atoms with van der Waals surface area (Å²) in [6.07, 6.45) is 6.95. The number of pyridine rings is 1. The lowest BCUT2D eigenvalue weighted by Crippen LogP contribution is -2.33. The molecule has 7 heteroatoms. The third-order valence-electron chi connectivity index (χ3n) is 2.22. The van der Waals surface area contributed by atoms with E-state index >= 15 is 0 Å². The molecule has 1 atom stereocenters. The molecule has 94 valence electrons. The van der Waals surface area contributed by atoms with Gasteiger partial charge in [0.25, 0.3) is 5.91 Å². The number of rotatable bonds is 4. The van der Waals surface area contributed by atoms with Gasteiger partial charge in [-0.15, -0.1) is 6.42 Å². The minimum Gasteiger partial charge on any atom is -0.338 e. The SMILES string of the molecule is C#CC(CC)NC(=O)c1ccnc(Cl)c1[N+](=O)[O-]. The van der Waals surface area contributed by atoms with Crippen LogP contribution in [0.5, 0.6) is 0 Å². The van der Waals surface area contributed by atoms with Crippen LogP contribution in [0.1, 0.15) is 23.7 Å². The van der Waals surface area contributed by atoms with Crippen LogP contribution in [0, 0.1) is 22.5 Å². The highest BCUT2D eigenvalue weighted by Gasteiger charge is 2.25. The molecule has 0 saturated carbocycles. The van der Waals surface area contributed by atoms with Crippen LogP contribution in [0.3, 0.4) is 0 Å². The van der Waals surface area contributed by atoms with E-state index in [-0.39, 0.29) is 10.7 Å². The van der Waals surface area contributed by atoms with Gasteiger partial charge in [-0.05, 0) is 12.5 Å². The zero-order valence-corrected chi connectivity index (χ0v) is 10.3. The summed E-state index contributed by atoms with van der Waals surface area (Å²) in [4.78, 5) is 25.5. The molecule has 0 spiro atoms. The van der Waals surface area contributed by atoms with Crippen molar-refractivity contribution in [1.29, 1.82) is 0 Å². The first-order chi connectivity index (χ1) is 8.51. The Labute approximate surface area is 109 Å². The van der Waals surface area contributed by atoms with Gasteiger partial charge in [-0.1, -0.05) is 24.4 Å². The summed E-state index contributed by atoms with van der Waals surface area (Å²) in [6.45, 7) is 1.79. The molecule has 1 aromatic heterocycles. The van der Waals surface area contributed by atoms with Gasteiger partial charge >= 0.3 is 5.69 Å². The van der Waals surface area contributed by atoms with Gasteiger partial charge in [-0.3, -0.25) is 14.9 Å². The molecule has 1 amide bonds. The Morgan fingerprint density at radius 3 is 2.94 bits per heavy atom. The first-order valence-electron chi connectivity index (χ1n) is 5.07. The average molecular weight is 268 g/mol. The second kappa shape index (κ2) is 5.98. The number of halogens is 1. The molecule has 0 aliphatic carbocycles. The van der Waals surface area contributed by atoms with E-state index in [2.05, 4.69) is 16.2 Å².